The minimum Gasteiger partial charge on any atom is -0.305 e. The van der Waals surface area contributed by atoms with E-state index in [2.05, 4.69) is 32.9 Å². The van der Waals surface area contributed by atoms with E-state index in [1.54, 1.807) is 22.3 Å². The molecule has 1 N–H and O–H groups in total. The zero-order valence-corrected chi connectivity index (χ0v) is 8.79. The highest BCUT2D eigenvalue weighted by Gasteiger charge is 1.99. The summed E-state index contributed by atoms with van der Waals surface area (Å²) in [6.45, 7) is 1.65. The van der Waals surface area contributed by atoms with E-state index in [0.717, 1.165) is 18.9 Å². The van der Waals surface area contributed by atoms with Gasteiger partial charge in [0.2, 0.25) is 0 Å². The minimum absolute atomic E-state index is 0.758. The topological polar surface area (TPSA) is 42.7 Å². The van der Waals surface area contributed by atoms with Crippen molar-refractivity contribution < 1.29 is 0 Å². The number of thiophene rings is 1. The lowest BCUT2D eigenvalue weighted by molar-refractivity contribution is 0.617. The molecule has 0 aliphatic rings. The van der Waals surface area contributed by atoms with Crippen LogP contribution in [-0.2, 0) is 20.1 Å². The molecule has 14 heavy (non-hydrogen) atoms. The summed E-state index contributed by atoms with van der Waals surface area (Å²) in [4.78, 5) is 5.47. The first-order valence-electron chi connectivity index (χ1n) is 4.42. The SMILES string of the molecule is Cn1ncnc1CNCc1cccs1. The molecule has 74 valence electrons. The van der Waals surface area contributed by atoms with Crippen molar-refractivity contribution in [3.63, 3.8) is 0 Å². The maximum absolute atomic E-state index is 4.13. The van der Waals surface area contributed by atoms with Crippen molar-refractivity contribution >= 4 is 11.3 Å². The van der Waals surface area contributed by atoms with Gasteiger partial charge in [-0.15, -0.1) is 11.3 Å². The second-order valence-corrected chi connectivity index (χ2v) is 4.02. The molecule has 0 bridgehead atoms. The Balaban J connectivity index is 1.81. The van der Waals surface area contributed by atoms with E-state index in [1.807, 2.05) is 7.05 Å². The largest absolute Gasteiger partial charge is 0.305 e. The molecule has 0 aliphatic heterocycles. The highest BCUT2D eigenvalue weighted by molar-refractivity contribution is 7.09. The van der Waals surface area contributed by atoms with Crippen LogP contribution in [0.1, 0.15) is 10.7 Å². The number of rotatable bonds is 4. The van der Waals surface area contributed by atoms with Gasteiger partial charge in [-0.3, -0.25) is 4.68 Å². The highest BCUT2D eigenvalue weighted by atomic mass is 32.1. The highest BCUT2D eigenvalue weighted by Crippen LogP contribution is 2.07. The normalized spacial score (nSPS) is 10.6. The first kappa shape index (κ1) is 9.36. The Morgan fingerprint density at radius 1 is 1.50 bits per heavy atom. The van der Waals surface area contributed by atoms with Gasteiger partial charge in [-0.2, -0.15) is 5.10 Å². The van der Waals surface area contributed by atoms with E-state index in [9.17, 15) is 0 Å². The summed E-state index contributed by atoms with van der Waals surface area (Å²) >= 11 is 1.76. The third-order valence-corrected chi connectivity index (χ3v) is 2.84. The predicted octanol–water partition coefficient (Wildman–Crippen LogP) is 1.17. The predicted molar refractivity (Wildman–Crippen MR) is 55.9 cm³/mol. The first-order chi connectivity index (χ1) is 6.86. The Bertz CT molecular complexity index is 379. The van der Waals surface area contributed by atoms with Crippen LogP contribution in [0.2, 0.25) is 0 Å². The lowest BCUT2D eigenvalue weighted by atomic mass is 10.4. The van der Waals surface area contributed by atoms with E-state index in [-0.39, 0.29) is 0 Å². The van der Waals surface area contributed by atoms with Gasteiger partial charge in [-0.25, -0.2) is 4.98 Å². The van der Waals surface area contributed by atoms with Gasteiger partial charge in [0.05, 0.1) is 6.54 Å². The number of hydrogen-bond donors (Lipinski definition) is 1. The maximum Gasteiger partial charge on any atom is 0.140 e. The fourth-order valence-electron chi connectivity index (χ4n) is 1.19. The molecule has 2 aromatic heterocycles. The summed E-state index contributed by atoms with van der Waals surface area (Å²) in [5, 5.41) is 9.40. The number of aromatic nitrogens is 3. The van der Waals surface area contributed by atoms with Crippen LogP contribution in [0.25, 0.3) is 0 Å². The van der Waals surface area contributed by atoms with Crippen molar-refractivity contribution in [2.75, 3.05) is 0 Å². The molecule has 2 heterocycles. The molecule has 2 aromatic rings. The summed E-state index contributed by atoms with van der Waals surface area (Å²) in [6.07, 6.45) is 1.57. The number of hydrogen-bond acceptors (Lipinski definition) is 4. The summed E-state index contributed by atoms with van der Waals surface area (Å²) in [6, 6.07) is 4.18. The summed E-state index contributed by atoms with van der Waals surface area (Å²) in [7, 11) is 1.90. The standard InChI is InChI=1S/C9H12N4S/c1-13-9(11-7-12-13)6-10-5-8-3-2-4-14-8/h2-4,7,10H,5-6H2,1H3. The van der Waals surface area contributed by atoms with Crippen LogP contribution in [0.4, 0.5) is 0 Å². The van der Waals surface area contributed by atoms with Gasteiger partial charge >= 0.3 is 0 Å². The Morgan fingerprint density at radius 2 is 2.43 bits per heavy atom. The monoisotopic (exact) mass is 208 g/mol. The Morgan fingerprint density at radius 3 is 3.07 bits per heavy atom. The lowest BCUT2D eigenvalue weighted by Gasteiger charge is -2.01. The van der Waals surface area contributed by atoms with Crippen LogP contribution in [0.3, 0.4) is 0 Å². The summed E-state index contributed by atoms with van der Waals surface area (Å²) in [5.74, 6) is 0.960. The molecule has 0 aromatic carbocycles. The third kappa shape index (κ3) is 2.18. The first-order valence-corrected chi connectivity index (χ1v) is 5.30. The fraction of sp³-hybridized carbons (Fsp3) is 0.333. The molecule has 0 atom stereocenters. The van der Waals surface area contributed by atoms with Crippen molar-refractivity contribution in [2.45, 2.75) is 13.1 Å². The summed E-state index contributed by atoms with van der Waals surface area (Å²) in [5.41, 5.74) is 0. The number of aryl methyl sites for hydroxylation is 1. The molecule has 2 rings (SSSR count). The molecular weight excluding hydrogens is 196 g/mol. The lowest BCUT2D eigenvalue weighted by Crippen LogP contribution is -2.15. The van der Waals surface area contributed by atoms with E-state index in [4.69, 9.17) is 0 Å². The van der Waals surface area contributed by atoms with Gasteiger partial charge in [-0.1, -0.05) is 6.07 Å². The zero-order chi connectivity index (χ0) is 9.80. The van der Waals surface area contributed by atoms with Gasteiger partial charge in [0, 0.05) is 18.5 Å². The average Bonchev–Trinajstić information content (AvgIpc) is 2.78. The van der Waals surface area contributed by atoms with Gasteiger partial charge < -0.3 is 5.32 Å². The van der Waals surface area contributed by atoms with E-state index >= 15 is 0 Å². The van der Waals surface area contributed by atoms with Gasteiger partial charge in [0.1, 0.15) is 12.2 Å². The molecule has 5 heteroatoms. The molecular formula is C9H12N4S. The third-order valence-electron chi connectivity index (χ3n) is 1.97. The van der Waals surface area contributed by atoms with Crippen LogP contribution in [0.15, 0.2) is 23.8 Å². The van der Waals surface area contributed by atoms with Crippen LogP contribution < -0.4 is 5.32 Å². The van der Waals surface area contributed by atoms with E-state index < -0.39 is 0 Å². The number of nitrogens with zero attached hydrogens (tertiary/aromatic N) is 3. The van der Waals surface area contributed by atoms with Crippen molar-refractivity contribution in [3.8, 4) is 0 Å². The zero-order valence-electron chi connectivity index (χ0n) is 7.97. The minimum atomic E-state index is 0.758. The molecule has 0 amide bonds. The van der Waals surface area contributed by atoms with Crippen LogP contribution in [0, 0.1) is 0 Å². The second-order valence-electron chi connectivity index (χ2n) is 2.98. The Labute approximate surface area is 86.6 Å². The van der Waals surface area contributed by atoms with E-state index in [0.29, 0.717) is 0 Å². The molecule has 4 nitrogen and oxygen atoms in total. The second kappa shape index (κ2) is 4.34. The van der Waals surface area contributed by atoms with Gasteiger partial charge in [0.25, 0.3) is 0 Å². The van der Waals surface area contributed by atoms with Crippen molar-refractivity contribution in [2.24, 2.45) is 7.05 Å². The molecule has 0 saturated carbocycles. The van der Waals surface area contributed by atoms with Crippen LogP contribution in [-0.4, -0.2) is 14.8 Å². The van der Waals surface area contributed by atoms with Crippen LogP contribution >= 0.6 is 11.3 Å². The molecule has 0 radical (unpaired) electrons. The van der Waals surface area contributed by atoms with Gasteiger partial charge in [-0.05, 0) is 11.4 Å². The number of nitrogens with one attached hydrogen (secondary N) is 1. The van der Waals surface area contributed by atoms with Gasteiger partial charge in [0.15, 0.2) is 0 Å². The smallest absolute Gasteiger partial charge is 0.140 e. The van der Waals surface area contributed by atoms with Crippen LogP contribution in [0.5, 0.6) is 0 Å². The van der Waals surface area contributed by atoms with E-state index in [1.165, 1.54) is 4.88 Å². The molecule has 0 fully saturated rings. The summed E-state index contributed by atoms with van der Waals surface area (Å²) < 4.78 is 1.78. The molecule has 0 aliphatic carbocycles. The average molecular weight is 208 g/mol. The van der Waals surface area contributed by atoms with Crippen molar-refractivity contribution in [1.29, 1.82) is 0 Å². The molecule has 0 spiro atoms. The quantitative estimate of drug-likeness (QED) is 0.820. The van der Waals surface area contributed by atoms with Crippen molar-refractivity contribution in [3.05, 3.63) is 34.5 Å². The Kier molecular flexibility index (Phi) is 2.90. The maximum atomic E-state index is 4.13. The molecule has 0 saturated heterocycles. The Hall–Kier alpha value is -1.20. The van der Waals surface area contributed by atoms with Crippen molar-refractivity contribution in [1.82, 2.24) is 20.1 Å². The fourth-order valence-corrected chi connectivity index (χ4v) is 1.87. The molecule has 0 unspecified atom stereocenters.